The number of pyridine rings is 3. The molecule has 3 saturated carbocycles. The largest absolute Gasteiger partial charge is 0.480 e. The predicted octanol–water partition coefficient (Wildman–Crippen LogP) is 17.8. The number of carbonyl (C=O) groups is 2. The van der Waals surface area contributed by atoms with Gasteiger partial charge in [-0.05, 0) is 188 Å². The zero-order chi connectivity index (χ0) is 82.6. The van der Waals surface area contributed by atoms with Crippen LogP contribution in [-0.4, -0.2) is 136 Å². The van der Waals surface area contributed by atoms with Crippen molar-refractivity contribution in [2.75, 3.05) is 7.11 Å². The fourth-order valence-corrected chi connectivity index (χ4v) is 23.6. The highest BCUT2D eigenvalue weighted by atomic mass is 16.5. The van der Waals surface area contributed by atoms with Gasteiger partial charge in [0.1, 0.15) is 30.2 Å². The van der Waals surface area contributed by atoms with Crippen molar-refractivity contribution in [3.8, 4) is 33.8 Å². The highest BCUT2D eigenvalue weighted by Gasteiger charge is 2.46. The Balaban J connectivity index is 0.000000134. The van der Waals surface area contributed by atoms with Gasteiger partial charge in [-0.2, -0.15) is 0 Å². The molecule has 3 aromatic carbocycles. The number of rotatable bonds is 13. The molecule has 22 nitrogen and oxygen atoms in total. The Hall–Kier alpha value is -9.25. The Labute approximate surface area is 704 Å². The predicted molar refractivity (Wildman–Crippen MR) is 474 cm³/mol. The molecule has 6 aliphatic heterocycles. The smallest absolute Gasteiger partial charge is 0.325 e. The van der Waals surface area contributed by atoms with Crippen molar-refractivity contribution in [3.63, 3.8) is 0 Å². The van der Waals surface area contributed by atoms with E-state index in [1.165, 1.54) is 249 Å². The van der Waals surface area contributed by atoms with Crippen molar-refractivity contribution in [2.45, 2.75) is 355 Å². The summed E-state index contributed by atoms with van der Waals surface area (Å²) >= 11 is 0. The van der Waals surface area contributed by atoms with Gasteiger partial charge in [0.25, 0.3) is 33.4 Å². The van der Waals surface area contributed by atoms with Crippen LogP contribution in [0.15, 0.2) is 157 Å². The summed E-state index contributed by atoms with van der Waals surface area (Å²) in [7, 11) is 1.29. The van der Waals surface area contributed by atoms with Gasteiger partial charge in [0, 0.05) is 91.1 Å². The lowest BCUT2D eigenvalue weighted by atomic mass is 9.79. The molecule has 9 fully saturated rings. The fourth-order valence-electron chi connectivity index (χ4n) is 23.6. The van der Waals surface area contributed by atoms with Crippen LogP contribution >= 0.6 is 0 Å². The minimum atomic E-state index is -1.11. The van der Waals surface area contributed by atoms with Gasteiger partial charge in [-0.1, -0.05) is 190 Å². The van der Waals surface area contributed by atoms with E-state index in [9.17, 15) is 43.5 Å². The lowest BCUT2D eigenvalue weighted by Gasteiger charge is -2.53. The summed E-state index contributed by atoms with van der Waals surface area (Å²) in [6.07, 6.45) is 57.7. The van der Waals surface area contributed by atoms with Crippen LogP contribution in [0.4, 0.5) is 0 Å². The molecule has 12 heterocycles. The third-order valence-corrected chi connectivity index (χ3v) is 28.9. The summed E-state index contributed by atoms with van der Waals surface area (Å²) in [5.74, 6) is -1.63. The fraction of sp³-hybridized carbons (Fsp3) is 0.582. The van der Waals surface area contributed by atoms with E-state index in [0.717, 1.165) is 65.2 Å². The van der Waals surface area contributed by atoms with E-state index in [1.54, 1.807) is 48.8 Å². The minimum absolute atomic E-state index is 0.0326. The average Bonchev–Trinajstić information content (AvgIpc) is 0.755. The first-order valence-corrected chi connectivity index (χ1v) is 46.5. The normalized spacial score (nSPS) is 25.1. The first-order valence-electron chi connectivity index (χ1n) is 46.5. The number of benzene rings is 3. The Morgan fingerprint density at radius 3 is 0.925 bits per heavy atom. The maximum atomic E-state index is 14.3. The van der Waals surface area contributed by atoms with E-state index < -0.39 is 29.6 Å². The van der Waals surface area contributed by atoms with Gasteiger partial charge in [-0.15, -0.1) is 0 Å². The number of aromatic amines is 1. The summed E-state index contributed by atoms with van der Waals surface area (Å²) in [5, 5.41) is 9.27. The number of carboxylic acids is 1. The van der Waals surface area contributed by atoms with E-state index >= 15 is 0 Å². The first kappa shape index (κ1) is 84.4. The highest BCUT2D eigenvalue weighted by Crippen LogP contribution is 2.47. The van der Waals surface area contributed by atoms with E-state index in [0.29, 0.717) is 71.0 Å². The van der Waals surface area contributed by atoms with Crippen molar-refractivity contribution in [2.24, 2.45) is 0 Å². The number of esters is 1. The lowest BCUT2D eigenvalue weighted by Crippen LogP contribution is -2.57. The number of hydrogen-bond donors (Lipinski definition) is 2. The van der Waals surface area contributed by atoms with Crippen molar-refractivity contribution < 1.29 is 19.4 Å². The quantitative estimate of drug-likeness (QED) is 0.102. The molecule has 638 valence electrons. The molecule has 9 aromatic rings. The van der Waals surface area contributed by atoms with Crippen LogP contribution in [0.2, 0.25) is 0 Å². The number of aliphatic carboxylic acids is 1. The summed E-state index contributed by atoms with van der Waals surface area (Å²) in [6.45, 7) is -0.675. The molecule has 3 aliphatic carbocycles. The van der Waals surface area contributed by atoms with Crippen LogP contribution in [0, 0.1) is 0 Å². The number of piperidine rings is 6. The zero-order valence-electron chi connectivity index (χ0n) is 70.7. The number of H-pyrrole nitrogens is 1. The van der Waals surface area contributed by atoms with Gasteiger partial charge in [0.05, 0.1) is 56.9 Å². The number of para-hydroxylation sites is 6. The first-order chi connectivity index (χ1) is 58.8. The number of carboxylic acid groups (broad SMARTS) is 1. The van der Waals surface area contributed by atoms with Crippen LogP contribution in [0.1, 0.15) is 288 Å². The summed E-state index contributed by atoms with van der Waals surface area (Å²) in [4.78, 5) is 131. The van der Waals surface area contributed by atoms with Crippen molar-refractivity contribution >= 4 is 45.0 Å². The van der Waals surface area contributed by atoms with Crippen LogP contribution in [0.3, 0.4) is 0 Å². The molecule has 0 spiro atoms. The number of ether oxygens (including phenoxy) is 1. The number of nitrogens with zero attached hydrogens (tertiary/aromatic N) is 11. The Kier molecular flexibility index (Phi) is 27.9. The van der Waals surface area contributed by atoms with Gasteiger partial charge >= 0.3 is 11.9 Å². The van der Waals surface area contributed by atoms with Crippen LogP contribution in [0.5, 0.6) is 0 Å². The number of nitrogens with one attached hydrogen (secondary N) is 1. The van der Waals surface area contributed by atoms with Crippen LogP contribution in [-0.2, 0) is 27.4 Å². The summed E-state index contributed by atoms with van der Waals surface area (Å²) in [5.41, 5.74) is 4.10. The third-order valence-electron chi connectivity index (χ3n) is 28.9. The number of aromatic nitrogens is 9. The molecule has 9 atom stereocenters. The maximum Gasteiger partial charge on any atom is 0.325 e. The van der Waals surface area contributed by atoms with Gasteiger partial charge in [-0.25, -0.2) is 15.0 Å². The van der Waals surface area contributed by atoms with E-state index in [1.807, 2.05) is 86.5 Å². The standard InChI is InChI=1S/C34H44N4O4.C33H42N4O4.C31H40N4O2/c1-42-31(39)23-36-20-12-17-28(33(36)40)32-34(41)38(30-19-10-9-18-29(30)35-32)27-21-25-15-11-16-26(22-27)37(25)24-13-7-5-3-2-4-6-8-14-24;38-30(39)22-35-19-11-16-27(32(35)40)31-33(41)37(29-18-9-8-17-28(29)34-31)26-20-24-14-10-15-25(21-26)36(24)23-12-6-4-2-1-3-5-7-13-23;36-30-26(16-11-19-32-30)29-31(37)35(28-18-9-8-17-27(28)33-29)25-20-23-14-10-15-24(21-25)34(23)22-12-6-4-2-1-3-5-7-13-22/h9-10,12,17-20,24-27H,2-8,11,13-16,21-23H2,1H3;8-9,11,16-19,23-26H,1-7,10,12-15,20-22H2,(H,38,39);8-9,11,16-19,22-25H,1-7,10,12-15,20-21H2,(H,32,36)/t25-,26+,27?;24-,25+,26?;23-,24+,25?. The second kappa shape index (κ2) is 39.7. The van der Waals surface area contributed by atoms with Gasteiger partial charge < -0.3 is 37.7 Å². The molecule has 6 aromatic heterocycles. The van der Waals surface area contributed by atoms with E-state index in [-0.39, 0.29) is 75.1 Å². The topological polar surface area (TPSA) is 255 Å². The SMILES string of the molecule is COC(=O)Cn1cccc(-c2nc3ccccc3n(C3C[C@H]4CCC[C@@H](C3)N4C3CCCCCCCCC3)c2=O)c1=O.O=C(O)Cn1cccc(-c2nc3ccccc3n(C3C[C@H]4CCC[C@@H](C3)N4C3CCCCCCCCC3)c2=O)c1=O.O=c1[nH]cccc1-c1nc2ccccc2n(C2C[C@H]3CCC[C@@H](C2)N3C2CCCCCCCCC2)c1=O. The highest BCUT2D eigenvalue weighted by molar-refractivity contribution is 5.80. The van der Waals surface area contributed by atoms with Crippen LogP contribution in [0.25, 0.3) is 66.9 Å². The van der Waals surface area contributed by atoms with Gasteiger partial charge in [0.15, 0.2) is 0 Å². The Morgan fingerprint density at radius 1 is 0.333 bits per heavy atom. The molecule has 6 saturated heterocycles. The Bertz CT molecular complexity index is 5360. The Morgan fingerprint density at radius 2 is 0.617 bits per heavy atom. The van der Waals surface area contributed by atoms with Gasteiger partial charge in [-0.3, -0.25) is 53.1 Å². The number of methoxy groups -OCH3 is 1. The molecule has 0 radical (unpaired) electrons. The van der Waals surface area contributed by atoms with Crippen molar-refractivity contribution in [1.29, 1.82) is 0 Å². The van der Waals surface area contributed by atoms with Crippen molar-refractivity contribution in [1.82, 2.24) is 57.5 Å². The number of fused-ring (bicyclic) bond motifs is 9. The van der Waals surface area contributed by atoms with Crippen molar-refractivity contribution in [3.05, 3.63) is 190 Å². The molecule has 0 amide bonds. The molecule has 2 N–H and O–H groups in total. The zero-order valence-corrected chi connectivity index (χ0v) is 70.7. The van der Waals surface area contributed by atoms with Gasteiger partial charge in [0.2, 0.25) is 0 Å². The third kappa shape index (κ3) is 18.9. The molecule has 9 aliphatic rings. The number of hydrogen-bond acceptors (Lipinski definition) is 15. The average molecular weight is 1630 g/mol. The van der Waals surface area contributed by atoms with Crippen LogP contribution < -0.4 is 33.4 Å². The summed E-state index contributed by atoms with van der Waals surface area (Å²) < 4.78 is 13.0. The number of carbonyl (C=O) groups excluding carboxylic acids is 1. The molecule has 6 bridgehead atoms. The monoisotopic (exact) mass is 1630 g/mol. The molecular weight excluding hydrogens is 1510 g/mol. The second-order valence-corrected chi connectivity index (χ2v) is 36.5. The second-order valence-electron chi connectivity index (χ2n) is 36.5. The maximum absolute atomic E-state index is 14.3. The molecule has 3 unspecified atom stereocenters. The molecule has 22 heteroatoms. The molecule has 120 heavy (non-hydrogen) atoms. The molecular formula is C98H126N12O10. The summed E-state index contributed by atoms with van der Waals surface area (Å²) in [6, 6.07) is 38.6. The minimum Gasteiger partial charge on any atom is -0.480 e. The van der Waals surface area contributed by atoms with E-state index in [4.69, 9.17) is 14.7 Å². The molecule has 18 rings (SSSR count). The lowest BCUT2D eigenvalue weighted by molar-refractivity contribution is -0.141. The van der Waals surface area contributed by atoms with E-state index in [2.05, 4.69) is 24.7 Å².